The smallest absolute Gasteiger partial charge is 0.245 e. The first-order chi connectivity index (χ1) is 17.2. The van der Waals surface area contributed by atoms with Gasteiger partial charge in [0.1, 0.15) is 11.8 Å². The summed E-state index contributed by atoms with van der Waals surface area (Å²) in [5.74, 6) is 1.52. The highest BCUT2D eigenvalue weighted by molar-refractivity contribution is 5.98. The number of amides is 2. The Bertz CT molecular complexity index is 1120. The highest BCUT2D eigenvalue weighted by Crippen LogP contribution is 2.31. The Kier molecular flexibility index (Phi) is 9.16. The second-order valence-corrected chi connectivity index (χ2v) is 9.29. The molecule has 0 fully saturated rings. The van der Waals surface area contributed by atoms with Gasteiger partial charge in [0.25, 0.3) is 0 Å². The van der Waals surface area contributed by atoms with Crippen molar-refractivity contribution in [2.75, 3.05) is 21.3 Å². The normalized spacial score (nSPS) is 15.7. The van der Waals surface area contributed by atoms with Crippen LogP contribution in [0.5, 0.6) is 17.2 Å². The fraction of sp³-hybridized carbons (Fsp3) is 0.444. The standard InChI is InChI=1S/C27H36N4O5/c1-16(2)11-21(26(33)29-19-14-18-7-6-8-22(34-3)20(18)15-19)30-27(28)31-25(32)13-17-9-10-23(35-4)24(12-17)36-5/h6-10,12,16,19,21H,11,13-15H2,1-5H3,(H,29,33)(H3,28,30,31,32). The van der Waals surface area contributed by atoms with Gasteiger partial charge in [-0.25, -0.2) is 4.99 Å². The third kappa shape index (κ3) is 6.90. The number of methoxy groups -OCH3 is 3. The van der Waals surface area contributed by atoms with Gasteiger partial charge in [-0.3, -0.25) is 14.9 Å². The summed E-state index contributed by atoms with van der Waals surface area (Å²) in [6, 6.07) is 10.4. The van der Waals surface area contributed by atoms with Crippen molar-refractivity contribution < 1.29 is 23.8 Å². The number of ether oxygens (including phenoxy) is 3. The Balaban J connectivity index is 1.63. The van der Waals surface area contributed by atoms with Gasteiger partial charge in [0.2, 0.25) is 11.8 Å². The molecule has 0 saturated heterocycles. The van der Waals surface area contributed by atoms with Crippen molar-refractivity contribution >= 4 is 17.8 Å². The van der Waals surface area contributed by atoms with Crippen LogP contribution in [0.15, 0.2) is 41.4 Å². The van der Waals surface area contributed by atoms with E-state index in [1.807, 2.05) is 26.0 Å². The van der Waals surface area contributed by atoms with E-state index in [0.29, 0.717) is 24.3 Å². The molecule has 2 aromatic rings. The first-order valence-electron chi connectivity index (χ1n) is 12.0. The summed E-state index contributed by atoms with van der Waals surface area (Å²) >= 11 is 0. The highest BCUT2D eigenvalue weighted by atomic mass is 16.5. The molecule has 9 heteroatoms. The van der Waals surface area contributed by atoms with E-state index in [2.05, 4.69) is 21.7 Å². The Morgan fingerprint density at radius 2 is 1.75 bits per heavy atom. The van der Waals surface area contributed by atoms with Crippen molar-refractivity contribution in [1.29, 1.82) is 0 Å². The predicted octanol–water partition coefficient (Wildman–Crippen LogP) is 2.38. The Morgan fingerprint density at radius 1 is 1.03 bits per heavy atom. The van der Waals surface area contributed by atoms with Gasteiger partial charge in [0, 0.05) is 6.04 Å². The number of nitrogens with two attached hydrogens (primary N) is 1. The summed E-state index contributed by atoms with van der Waals surface area (Å²) in [6.07, 6.45) is 2.00. The maximum atomic E-state index is 13.1. The Morgan fingerprint density at radius 3 is 2.42 bits per heavy atom. The molecule has 2 aromatic carbocycles. The van der Waals surface area contributed by atoms with E-state index in [-0.39, 0.29) is 36.2 Å². The number of hydrogen-bond donors (Lipinski definition) is 3. The van der Waals surface area contributed by atoms with E-state index in [1.54, 1.807) is 32.4 Å². The van der Waals surface area contributed by atoms with Crippen LogP contribution < -0.4 is 30.6 Å². The van der Waals surface area contributed by atoms with Gasteiger partial charge in [-0.05, 0) is 60.1 Å². The molecule has 0 bridgehead atoms. The number of hydrogen-bond acceptors (Lipinski definition) is 6. The third-order valence-electron chi connectivity index (χ3n) is 6.09. The first-order valence-corrected chi connectivity index (χ1v) is 12.0. The summed E-state index contributed by atoms with van der Waals surface area (Å²) < 4.78 is 16.0. The van der Waals surface area contributed by atoms with Gasteiger partial charge in [-0.1, -0.05) is 32.0 Å². The van der Waals surface area contributed by atoms with E-state index in [0.717, 1.165) is 23.3 Å². The topological polar surface area (TPSA) is 124 Å². The molecular formula is C27H36N4O5. The highest BCUT2D eigenvalue weighted by Gasteiger charge is 2.28. The number of benzene rings is 2. The zero-order valence-electron chi connectivity index (χ0n) is 21.6. The van der Waals surface area contributed by atoms with Crippen molar-refractivity contribution in [3.8, 4) is 17.2 Å². The lowest BCUT2D eigenvalue weighted by Crippen LogP contribution is -2.44. The fourth-order valence-corrected chi connectivity index (χ4v) is 4.44. The van der Waals surface area contributed by atoms with Crippen LogP contribution in [-0.4, -0.2) is 51.2 Å². The molecule has 0 saturated carbocycles. The number of carbonyl (C=O) groups excluding carboxylic acids is 2. The molecule has 1 aliphatic rings. The van der Waals surface area contributed by atoms with Gasteiger partial charge >= 0.3 is 0 Å². The van der Waals surface area contributed by atoms with Crippen LogP contribution in [0, 0.1) is 5.92 Å². The van der Waals surface area contributed by atoms with Crippen LogP contribution in [0.2, 0.25) is 0 Å². The van der Waals surface area contributed by atoms with Crippen molar-refractivity contribution in [1.82, 2.24) is 10.6 Å². The van der Waals surface area contributed by atoms with Crippen LogP contribution >= 0.6 is 0 Å². The second kappa shape index (κ2) is 12.3. The number of nitrogens with zero attached hydrogens (tertiary/aromatic N) is 1. The number of guanidine groups is 1. The van der Waals surface area contributed by atoms with Crippen LogP contribution in [0.25, 0.3) is 0 Å². The van der Waals surface area contributed by atoms with E-state index < -0.39 is 6.04 Å². The SMILES string of the molecule is COc1ccc(CC(=O)NC(N)=NC(CC(C)C)C(=O)NC2Cc3cccc(OC)c3C2)cc1OC. The first kappa shape index (κ1) is 26.8. The molecule has 0 aromatic heterocycles. The Labute approximate surface area is 212 Å². The number of nitrogens with one attached hydrogen (secondary N) is 2. The van der Waals surface area contributed by atoms with Crippen LogP contribution in [0.4, 0.5) is 0 Å². The maximum Gasteiger partial charge on any atom is 0.245 e. The summed E-state index contributed by atoms with van der Waals surface area (Å²) in [5.41, 5.74) is 9.06. The molecule has 3 rings (SSSR count). The number of fused-ring (bicyclic) bond motifs is 1. The van der Waals surface area contributed by atoms with Crippen molar-refractivity contribution in [3.63, 3.8) is 0 Å². The van der Waals surface area contributed by atoms with E-state index in [4.69, 9.17) is 19.9 Å². The number of aliphatic imine (C=N–C) groups is 1. The molecule has 0 radical (unpaired) electrons. The van der Waals surface area contributed by atoms with E-state index in [9.17, 15) is 9.59 Å². The summed E-state index contributed by atoms with van der Waals surface area (Å²) in [6.45, 7) is 4.02. The van der Waals surface area contributed by atoms with E-state index >= 15 is 0 Å². The molecule has 9 nitrogen and oxygen atoms in total. The zero-order valence-corrected chi connectivity index (χ0v) is 21.6. The monoisotopic (exact) mass is 496 g/mol. The minimum Gasteiger partial charge on any atom is -0.496 e. The average Bonchev–Trinajstić information content (AvgIpc) is 3.25. The third-order valence-corrected chi connectivity index (χ3v) is 6.09. The predicted molar refractivity (Wildman–Crippen MR) is 139 cm³/mol. The molecule has 0 heterocycles. The molecule has 0 aliphatic heterocycles. The van der Waals surface area contributed by atoms with Crippen LogP contribution in [0.3, 0.4) is 0 Å². The molecule has 4 N–H and O–H groups in total. The fourth-order valence-electron chi connectivity index (χ4n) is 4.44. The van der Waals surface area contributed by atoms with Gasteiger partial charge in [0.15, 0.2) is 17.5 Å². The summed E-state index contributed by atoms with van der Waals surface area (Å²) in [7, 11) is 4.73. The molecule has 2 amide bonds. The molecule has 36 heavy (non-hydrogen) atoms. The minimum absolute atomic E-state index is 0.0467. The van der Waals surface area contributed by atoms with Crippen LogP contribution in [0.1, 0.15) is 37.0 Å². The maximum absolute atomic E-state index is 13.1. The molecule has 2 atom stereocenters. The Hall–Kier alpha value is -3.75. The molecule has 1 aliphatic carbocycles. The molecule has 0 spiro atoms. The minimum atomic E-state index is -0.711. The average molecular weight is 497 g/mol. The zero-order chi connectivity index (χ0) is 26.2. The van der Waals surface area contributed by atoms with Gasteiger partial charge < -0.3 is 25.3 Å². The second-order valence-electron chi connectivity index (χ2n) is 9.29. The number of carbonyl (C=O) groups is 2. The van der Waals surface area contributed by atoms with Gasteiger partial charge in [-0.2, -0.15) is 0 Å². The largest absolute Gasteiger partial charge is 0.496 e. The van der Waals surface area contributed by atoms with Gasteiger partial charge in [0.05, 0.1) is 27.8 Å². The molecule has 194 valence electrons. The molecular weight excluding hydrogens is 460 g/mol. The molecule has 2 unspecified atom stereocenters. The number of rotatable bonds is 10. The quantitative estimate of drug-likeness (QED) is 0.343. The lowest BCUT2D eigenvalue weighted by atomic mass is 10.0. The van der Waals surface area contributed by atoms with Crippen molar-refractivity contribution in [2.45, 2.75) is 51.6 Å². The lowest BCUT2D eigenvalue weighted by Gasteiger charge is -2.19. The van der Waals surface area contributed by atoms with Crippen LogP contribution in [-0.2, 0) is 28.9 Å². The van der Waals surface area contributed by atoms with Crippen molar-refractivity contribution in [2.24, 2.45) is 16.6 Å². The lowest BCUT2D eigenvalue weighted by molar-refractivity contribution is -0.123. The van der Waals surface area contributed by atoms with Crippen molar-refractivity contribution in [3.05, 3.63) is 53.1 Å². The van der Waals surface area contributed by atoms with Gasteiger partial charge in [-0.15, -0.1) is 0 Å². The van der Waals surface area contributed by atoms with E-state index in [1.165, 1.54) is 12.7 Å². The summed E-state index contributed by atoms with van der Waals surface area (Å²) in [4.78, 5) is 30.1. The summed E-state index contributed by atoms with van der Waals surface area (Å²) in [5, 5.41) is 5.71.